The van der Waals surface area contributed by atoms with Gasteiger partial charge in [-0.3, -0.25) is 4.98 Å². The Kier molecular flexibility index (Phi) is 6.45. The molecule has 2 aromatic rings. The Labute approximate surface area is 162 Å². The van der Waals surface area contributed by atoms with Crippen LogP contribution in [0.1, 0.15) is 24.6 Å². The van der Waals surface area contributed by atoms with Crippen LogP contribution in [0.2, 0.25) is 0 Å². The van der Waals surface area contributed by atoms with Crippen LogP contribution in [0.25, 0.3) is 0 Å². The van der Waals surface area contributed by atoms with Gasteiger partial charge in [-0.25, -0.2) is 4.79 Å². The molecular weight excluding hydrogens is 336 g/mol. The molecule has 1 N–H and O–H groups in total. The fraction of sp³-hybridized carbons (Fsp3) is 0.455. The van der Waals surface area contributed by atoms with Crippen molar-refractivity contribution < 1.29 is 4.79 Å². The van der Waals surface area contributed by atoms with Gasteiger partial charge in [0.15, 0.2) is 0 Å². The average molecular weight is 367 g/mol. The van der Waals surface area contributed by atoms with Crippen LogP contribution in [0.15, 0.2) is 54.7 Å². The Morgan fingerprint density at radius 1 is 1.22 bits per heavy atom. The van der Waals surface area contributed by atoms with Gasteiger partial charge in [-0.1, -0.05) is 43.3 Å². The van der Waals surface area contributed by atoms with Gasteiger partial charge in [0.1, 0.15) is 0 Å². The van der Waals surface area contributed by atoms with Gasteiger partial charge in [0.2, 0.25) is 0 Å². The van der Waals surface area contributed by atoms with Crippen molar-refractivity contribution in [1.82, 2.24) is 20.1 Å². The molecule has 2 heterocycles. The first-order valence-corrected chi connectivity index (χ1v) is 9.69. The zero-order valence-electron chi connectivity index (χ0n) is 16.4. The quantitative estimate of drug-likeness (QED) is 0.819. The van der Waals surface area contributed by atoms with Crippen molar-refractivity contribution in [3.05, 3.63) is 66.0 Å². The maximum atomic E-state index is 12.9. The first-order chi connectivity index (χ1) is 13.0. The lowest BCUT2D eigenvalue weighted by molar-refractivity contribution is 0.187. The molecule has 2 amide bonds. The number of rotatable bonds is 7. The number of nitrogens with one attached hydrogen (secondary N) is 1. The van der Waals surface area contributed by atoms with Gasteiger partial charge in [0, 0.05) is 25.8 Å². The molecule has 1 aliphatic rings. The zero-order chi connectivity index (χ0) is 19.1. The minimum atomic E-state index is -0.00707. The summed E-state index contributed by atoms with van der Waals surface area (Å²) in [4.78, 5) is 21.5. The molecule has 0 spiro atoms. The molecule has 144 valence electrons. The minimum Gasteiger partial charge on any atom is -0.337 e. The van der Waals surface area contributed by atoms with Crippen LogP contribution in [0.3, 0.4) is 0 Å². The van der Waals surface area contributed by atoms with Crippen LogP contribution in [0.4, 0.5) is 4.79 Å². The van der Waals surface area contributed by atoms with E-state index in [-0.39, 0.29) is 11.4 Å². The molecule has 0 bridgehead atoms. The third-order valence-electron chi connectivity index (χ3n) is 5.29. The van der Waals surface area contributed by atoms with Crippen molar-refractivity contribution in [1.29, 1.82) is 0 Å². The normalized spacial score (nSPS) is 19.8. The summed E-state index contributed by atoms with van der Waals surface area (Å²) in [5.74, 6) is 0. The Balaban J connectivity index is 1.61. The van der Waals surface area contributed by atoms with Crippen molar-refractivity contribution >= 4 is 6.03 Å². The Hall–Kier alpha value is -2.40. The summed E-state index contributed by atoms with van der Waals surface area (Å²) in [5, 5.41) is 3.17. The van der Waals surface area contributed by atoms with E-state index in [0.717, 1.165) is 31.6 Å². The second kappa shape index (κ2) is 9.00. The summed E-state index contributed by atoms with van der Waals surface area (Å²) in [6.07, 6.45) is 3.73. The molecule has 27 heavy (non-hydrogen) atoms. The van der Waals surface area contributed by atoms with Gasteiger partial charge >= 0.3 is 6.03 Å². The first-order valence-electron chi connectivity index (χ1n) is 9.69. The lowest BCUT2D eigenvalue weighted by Gasteiger charge is -2.28. The van der Waals surface area contributed by atoms with E-state index < -0.39 is 0 Å². The van der Waals surface area contributed by atoms with Crippen LogP contribution >= 0.6 is 0 Å². The molecule has 1 atom stereocenters. The molecule has 1 aliphatic heterocycles. The van der Waals surface area contributed by atoms with E-state index in [4.69, 9.17) is 0 Å². The number of aromatic nitrogens is 1. The van der Waals surface area contributed by atoms with Gasteiger partial charge in [-0.15, -0.1) is 0 Å². The first kappa shape index (κ1) is 19.4. The van der Waals surface area contributed by atoms with E-state index >= 15 is 0 Å². The Bertz CT molecular complexity index is 722. The van der Waals surface area contributed by atoms with Crippen molar-refractivity contribution in [2.45, 2.75) is 26.3 Å². The number of hydrogen-bond donors (Lipinski definition) is 1. The maximum Gasteiger partial charge on any atom is 0.317 e. The Morgan fingerprint density at radius 3 is 2.67 bits per heavy atom. The van der Waals surface area contributed by atoms with Crippen molar-refractivity contribution in [2.75, 3.05) is 33.2 Å². The molecule has 5 heteroatoms. The molecule has 3 rings (SSSR count). The van der Waals surface area contributed by atoms with Crippen LogP contribution in [-0.2, 0) is 13.0 Å². The minimum absolute atomic E-state index is 0.00707. The summed E-state index contributed by atoms with van der Waals surface area (Å²) in [7, 11) is 2.14. The van der Waals surface area contributed by atoms with Gasteiger partial charge < -0.3 is 15.1 Å². The number of pyridine rings is 1. The molecule has 0 aliphatic carbocycles. The lowest BCUT2D eigenvalue weighted by atomic mass is 9.90. The third kappa shape index (κ3) is 5.79. The Morgan fingerprint density at radius 2 is 2.00 bits per heavy atom. The maximum absolute atomic E-state index is 12.9. The number of urea groups is 1. The summed E-state index contributed by atoms with van der Waals surface area (Å²) in [5.41, 5.74) is 2.30. The topological polar surface area (TPSA) is 48.5 Å². The fourth-order valence-corrected chi connectivity index (χ4v) is 3.66. The van der Waals surface area contributed by atoms with Crippen LogP contribution < -0.4 is 5.32 Å². The van der Waals surface area contributed by atoms with E-state index in [9.17, 15) is 4.79 Å². The second-order valence-corrected chi connectivity index (χ2v) is 7.94. The number of carbonyl (C=O) groups excluding carboxylic acids is 1. The number of carbonyl (C=O) groups is 1. The highest BCUT2D eigenvalue weighted by atomic mass is 16.2. The van der Waals surface area contributed by atoms with Crippen LogP contribution in [0.5, 0.6) is 0 Å². The van der Waals surface area contributed by atoms with Crippen LogP contribution in [-0.4, -0.2) is 54.0 Å². The van der Waals surface area contributed by atoms with Crippen molar-refractivity contribution in [3.63, 3.8) is 0 Å². The monoisotopic (exact) mass is 366 g/mol. The zero-order valence-corrected chi connectivity index (χ0v) is 16.4. The number of amides is 2. The van der Waals surface area contributed by atoms with E-state index in [1.165, 1.54) is 5.56 Å². The van der Waals surface area contributed by atoms with Crippen LogP contribution in [0, 0.1) is 5.41 Å². The molecule has 0 radical (unpaired) electrons. The molecule has 1 aromatic carbocycles. The lowest BCUT2D eigenvalue weighted by Crippen LogP contribution is -2.45. The second-order valence-electron chi connectivity index (χ2n) is 7.94. The van der Waals surface area contributed by atoms with E-state index in [2.05, 4.69) is 41.3 Å². The van der Waals surface area contributed by atoms with E-state index in [1.54, 1.807) is 6.20 Å². The third-order valence-corrected chi connectivity index (χ3v) is 5.29. The highest BCUT2D eigenvalue weighted by Crippen LogP contribution is 2.27. The standard InChI is InChI=1S/C22H30N4O/c1-22(12-15-25(2)18-22)17-24-21(27)26(16-20-10-6-7-13-23-20)14-11-19-8-4-3-5-9-19/h3-10,13H,11-12,14-18H2,1-2H3,(H,24,27). The average Bonchev–Trinajstić information content (AvgIpc) is 3.04. The van der Waals surface area contributed by atoms with E-state index in [0.29, 0.717) is 19.6 Å². The predicted molar refractivity (Wildman–Crippen MR) is 108 cm³/mol. The summed E-state index contributed by atoms with van der Waals surface area (Å²) in [6, 6.07) is 16.1. The molecule has 1 unspecified atom stereocenters. The largest absolute Gasteiger partial charge is 0.337 e. The molecular formula is C22H30N4O. The van der Waals surface area contributed by atoms with Gasteiger partial charge in [0.05, 0.1) is 12.2 Å². The fourth-order valence-electron chi connectivity index (χ4n) is 3.66. The summed E-state index contributed by atoms with van der Waals surface area (Å²) >= 11 is 0. The van der Waals surface area contributed by atoms with Gasteiger partial charge in [0.25, 0.3) is 0 Å². The molecule has 0 saturated carbocycles. The molecule has 1 fully saturated rings. The van der Waals surface area contributed by atoms with Gasteiger partial charge in [-0.05, 0) is 49.5 Å². The summed E-state index contributed by atoms with van der Waals surface area (Å²) in [6.45, 7) is 6.28. The van der Waals surface area contributed by atoms with Crippen molar-refractivity contribution in [2.24, 2.45) is 5.41 Å². The smallest absolute Gasteiger partial charge is 0.317 e. The highest BCUT2D eigenvalue weighted by Gasteiger charge is 2.32. The summed E-state index contributed by atoms with van der Waals surface area (Å²) < 4.78 is 0. The number of hydrogen-bond acceptors (Lipinski definition) is 3. The van der Waals surface area contributed by atoms with Gasteiger partial charge in [-0.2, -0.15) is 0 Å². The molecule has 5 nitrogen and oxygen atoms in total. The number of benzene rings is 1. The van der Waals surface area contributed by atoms with Crippen molar-refractivity contribution in [3.8, 4) is 0 Å². The molecule has 1 saturated heterocycles. The number of likely N-dealkylation sites (tertiary alicyclic amines) is 1. The number of nitrogens with zero attached hydrogens (tertiary/aromatic N) is 3. The SMILES string of the molecule is CN1CCC(C)(CNC(=O)N(CCc2ccccc2)Cc2ccccn2)C1. The highest BCUT2D eigenvalue weighted by molar-refractivity contribution is 5.74. The molecule has 1 aromatic heterocycles. The van der Waals surface area contributed by atoms with E-state index in [1.807, 2.05) is 41.3 Å². The predicted octanol–water partition coefficient (Wildman–Crippen LogP) is 3.18.